The first-order valence-corrected chi connectivity index (χ1v) is 7.07. The van der Waals surface area contributed by atoms with E-state index in [1.807, 2.05) is 6.92 Å². The minimum Gasteiger partial charge on any atom is -0.479 e. The van der Waals surface area contributed by atoms with Gasteiger partial charge in [0, 0.05) is 31.4 Å². The molecule has 0 radical (unpaired) electrons. The summed E-state index contributed by atoms with van der Waals surface area (Å²) in [6.07, 6.45) is 1.35. The lowest BCUT2D eigenvalue weighted by Gasteiger charge is -2.31. The number of methoxy groups -OCH3 is 1. The van der Waals surface area contributed by atoms with Crippen LogP contribution in [-0.2, 0) is 11.3 Å². The van der Waals surface area contributed by atoms with E-state index in [0.29, 0.717) is 31.1 Å². The zero-order chi connectivity index (χ0) is 15.5. The molecule has 118 valence electrons. The normalized spacial score (nSPS) is 19.3. The lowest BCUT2D eigenvalue weighted by Crippen LogP contribution is -2.38. The first-order chi connectivity index (χ1) is 10.7. The fourth-order valence-corrected chi connectivity index (χ4v) is 2.47. The first kappa shape index (κ1) is 14.9. The van der Waals surface area contributed by atoms with Crippen LogP contribution in [0.25, 0.3) is 0 Å². The minimum absolute atomic E-state index is 0.0203. The Morgan fingerprint density at radius 3 is 3.14 bits per heavy atom. The van der Waals surface area contributed by atoms with Crippen LogP contribution in [0.5, 0.6) is 5.88 Å². The summed E-state index contributed by atoms with van der Waals surface area (Å²) in [6.45, 7) is 4.21. The van der Waals surface area contributed by atoms with Gasteiger partial charge in [0.1, 0.15) is 11.9 Å². The second kappa shape index (κ2) is 6.37. The van der Waals surface area contributed by atoms with E-state index in [9.17, 15) is 4.39 Å². The van der Waals surface area contributed by atoms with Crippen molar-refractivity contribution in [2.24, 2.45) is 0 Å². The van der Waals surface area contributed by atoms with Crippen molar-refractivity contribution in [3.05, 3.63) is 35.3 Å². The van der Waals surface area contributed by atoms with E-state index < -0.39 is 5.82 Å². The quantitative estimate of drug-likeness (QED) is 0.915. The Kier molecular flexibility index (Phi) is 4.30. The fraction of sp³-hybridized carbons (Fsp3) is 0.500. The molecule has 7 nitrogen and oxygen atoms in total. The smallest absolute Gasteiger partial charge is 0.250 e. The number of halogens is 1. The maximum atomic E-state index is 14.2. The molecule has 1 N–H and O–H groups in total. The molecule has 1 aliphatic rings. The molecule has 1 atom stereocenters. The van der Waals surface area contributed by atoms with Crippen molar-refractivity contribution in [2.75, 3.05) is 26.8 Å². The van der Waals surface area contributed by atoms with Crippen molar-refractivity contribution in [3.8, 4) is 5.88 Å². The van der Waals surface area contributed by atoms with Crippen LogP contribution in [0.4, 0.5) is 4.39 Å². The van der Waals surface area contributed by atoms with Gasteiger partial charge in [0.05, 0.1) is 13.7 Å². The molecular formula is C14H18FN5O2. The average molecular weight is 307 g/mol. The number of aryl methyl sites for hydroxylation is 1. The van der Waals surface area contributed by atoms with E-state index in [-0.39, 0.29) is 12.0 Å². The molecule has 2 aromatic heterocycles. The van der Waals surface area contributed by atoms with Crippen LogP contribution in [0.15, 0.2) is 12.3 Å². The van der Waals surface area contributed by atoms with Crippen LogP contribution in [0.1, 0.15) is 23.3 Å². The standard InChI is InChI=1S/C14H18FN5O2/c1-9-17-13(19-18-9)11-8-20(5-6-22-11)7-10-3-4-16-14(21-2)12(10)15/h3-4,11H,5-8H2,1-2H3,(H,17,18,19). The van der Waals surface area contributed by atoms with Crippen molar-refractivity contribution in [1.29, 1.82) is 0 Å². The highest BCUT2D eigenvalue weighted by Crippen LogP contribution is 2.23. The topological polar surface area (TPSA) is 76.2 Å². The van der Waals surface area contributed by atoms with Gasteiger partial charge in [-0.15, -0.1) is 0 Å². The number of hydrogen-bond acceptors (Lipinski definition) is 6. The van der Waals surface area contributed by atoms with E-state index in [0.717, 1.165) is 12.4 Å². The molecular weight excluding hydrogens is 289 g/mol. The van der Waals surface area contributed by atoms with Crippen molar-refractivity contribution in [3.63, 3.8) is 0 Å². The maximum absolute atomic E-state index is 14.2. The van der Waals surface area contributed by atoms with E-state index in [1.54, 1.807) is 12.3 Å². The number of H-pyrrole nitrogens is 1. The summed E-state index contributed by atoms with van der Waals surface area (Å²) < 4.78 is 24.8. The molecule has 22 heavy (non-hydrogen) atoms. The van der Waals surface area contributed by atoms with Crippen LogP contribution < -0.4 is 4.74 Å². The first-order valence-electron chi connectivity index (χ1n) is 7.07. The zero-order valence-electron chi connectivity index (χ0n) is 12.5. The molecule has 0 bridgehead atoms. The Bertz CT molecular complexity index is 648. The number of nitrogens with zero attached hydrogens (tertiary/aromatic N) is 4. The van der Waals surface area contributed by atoms with Gasteiger partial charge in [0.15, 0.2) is 11.6 Å². The number of ether oxygens (including phenoxy) is 2. The van der Waals surface area contributed by atoms with Gasteiger partial charge in [0.25, 0.3) is 0 Å². The van der Waals surface area contributed by atoms with Crippen molar-refractivity contribution >= 4 is 0 Å². The van der Waals surface area contributed by atoms with Crippen molar-refractivity contribution in [1.82, 2.24) is 25.1 Å². The van der Waals surface area contributed by atoms with E-state index in [1.165, 1.54) is 7.11 Å². The van der Waals surface area contributed by atoms with Gasteiger partial charge in [-0.3, -0.25) is 10.00 Å². The molecule has 0 saturated carbocycles. The Labute approximate surface area is 127 Å². The molecule has 2 aromatic rings. The molecule has 0 aliphatic carbocycles. The third-order valence-corrected chi connectivity index (χ3v) is 3.58. The third-order valence-electron chi connectivity index (χ3n) is 3.58. The highest BCUT2D eigenvalue weighted by atomic mass is 19.1. The number of aromatic nitrogens is 4. The Balaban J connectivity index is 1.70. The number of morpholine rings is 1. The molecule has 8 heteroatoms. The minimum atomic E-state index is -0.415. The van der Waals surface area contributed by atoms with Gasteiger partial charge in [0.2, 0.25) is 5.88 Å². The lowest BCUT2D eigenvalue weighted by atomic mass is 10.2. The summed E-state index contributed by atoms with van der Waals surface area (Å²) in [5.41, 5.74) is 0.554. The summed E-state index contributed by atoms with van der Waals surface area (Å²) in [5.74, 6) is 0.990. The van der Waals surface area contributed by atoms with Crippen molar-refractivity contribution < 1.29 is 13.9 Å². The second-order valence-electron chi connectivity index (χ2n) is 5.17. The highest BCUT2D eigenvalue weighted by Gasteiger charge is 2.26. The van der Waals surface area contributed by atoms with E-state index in [4.69, 9.17) is 9.47 Å². The van der Waals surface area contributed by atoms with Crippen LogP contribution in [0, 0.1) is 12.7 Å². The van der Waals surface area contributed by atoms with Gasteiger partial charge in [-0.25, -0.2) is 14.4 Å². The van der Waals surface area contributed by atoms with Gasteiger partial charge >= 0.3 is 0 Å². The Morgan fingerprint density at radius 1 is 1.55 bits per heavy atom. The summed E-state index contributed by atoms with van der Waals surface area (Å²) in [6, 6.07) is 1.67. The van der Waals surface area contributed by atoms with E-state index >= 15 is 0 Å². The Hall–Kier alpha value is -2.06. The van der Waals surface area contributed by atoms with Crippen LogP contribution in [-0.4, -0.2) is 51.9 Å². The van der Waals surface area contributed by atoms with Crippen LogP contribution in [0.3, 0.4) is 0 Å². The molecule has 3 heterocycles. The number of aromatic amines is 1. The molecule has 1 fully saturated rings. The molecule has 0 aromatic carbocycles. The summed E-state index contributed by atoms with van der Waals surface area (Å²) >= 11 is 0. The summed E-state index contributed by atoms with van der Waals surface area (Å²) in [7, 11) is 1.41. The predicted octanol–water partition coefficient (Wildman–Crippen LogP) is 1.23. The van der Waals surface area contributed by atoms with Gasteiger partial charge in [-0.05, 0) is 13.0 Å². The monoisotopic (exact) mass is 307 g/mol. The third kappa shape index (κ3) is 3.07. The fourth-order valence-electron chi connectivity index (χ4n) is 2.47. The van der Waals surface area contributed by atoms with E-state index in [2.05, 4.69) is 25.1 Å². The highest BCUT2D eigenvalue weighted by molar-refractivity contribution is 5.23. The summed E-state index contributed by atoms with van der Waals surface area (Å²) in [4.78, 5) is 10.3. The molecule has 0 spiro atoms. The largest absolute Gasteiger partial charge is 0.479 e. The number of pyridine rings is 1. The number of hydrogen-bond donors (Lipinski definition) is 1. The van der Waals surface area contributed by atoms with Crippen molar-refractivity contribution in [2.45, 2.75) is 19.6 Å². The van der Waals surface area contributed by atoms with Gasteiger partial charge in [-0.2, -0.15) is 5.10 Å². The summed E-state index contributed by atoms with van der Waals surface area (Å²) in [5, 5.41) is 6.94. The molecule has 1 saturated heterocycles. The molecule has 3 rings (SSSR count). The number of rotatable bonds is 4. The second-order valence-corrected chi connectivity index (χ2v) is 5.17. The lowest BCUT2D eigenvalue weighted by molar-refractivity contribution is -0.0373. The maximum Gasteiger partial charge on any atom is 0.250 e. The zero-order valence-corrected chi connectivity index (χ0v) is 12.5. The predicted molar refractivity (Wildman–Crippen MR) is 75.8 cm³/mol. The molecule has 0 amide bonds. The Morgan fingerprint density at radius 2 is 2.41 bits per heavy atom. The van der Waals surface area contributed by atoms with Crippen LogP contribution >= 0.6 is 0 Å². The van der Waals surface area contributed by atoms with Crippen LogP contribution in [0.2, 0.25) is 0 Å². The molecule has 1 aliphatic heterocycles. The average Bonchev–Trinajstić information content (AvgIpc) is 2.96. The van der Waals surface area contributed by atoms with Gasteiger partial charge in [-0.1, -0.05) is 0 Å². The van der Waals surface area contributed by atoms with Gasteiger partial charge < -0.3 is 9.47 Å². The SMILES string of the molecule is COc1nccc(CN2CCOC(c3n[nH]c(C)n3)C2)c1F. The molecule has 1 unspecified atom stereocenters. The number of nitrogens with one attached hydrogen (secondary N) is 1.